The summed E-state index contributed by atoms with van der Waals surface area (Å²) in [6.07, 6.45) is 6.68. The number of benzene rings is 2. The number of likely N-dealkylation sites (tertiary alicyclic amines) is 1. The van der Waals surface area contributed by atoms with E-state index in [1.807, 2.05) is 35.7 Å². The van der Waals surface area contributed by atoms with E-state index in [1.165, 1.54) is 23.7 Å². The first-order valence-electron chi connectivity index (χ1n) is 15.1. The van der Waals surface area contributed by atoms with Crippen LogP contribution in [0.15, 0.2) is 48.7 Å². The molecular weight excluding hydrogens is 526 g/mol. The minimum Gasteiger partial charge on any atom is -0.494 e. The van der Waals surface area contributed by atoms with Crippen molar-refractivity contribution in [2.24, 2.45) is 24.6 Å². The summed E-state index contributed by atoms with van der Waals surface area (Å²) < 4.78 is 12.5. The lowest BCUT2D eigenvalue weighted by Crippen LogP contribution is -2.41. The Morgan fingerprint density at radius 2 is 1.93 bits per heavy atom. The van der Waals surface area contributed by atoms with Crippen molar-refractivity contribution in [1.82, 2.24) is 28.8 Å². The highest BCUT2D eigenvalue weighted by atomic mass is 16.5. The predicted octanol–water partition coefficient (Wildman–Crippen LogP) is 4.73. The zero-order valence-corrected chi connectivity index (χ0v) is 24.5. The fourth-order valence-corrected chi connectivity index (χ4v) is 7.43. The number of hydrogen-bond acceptors (Lipinski definition) is 5. The Morgan fingerprint density at radius 1 is 1.10 bits per heavy atom. The monoisotopic (exact) mass is 563 g/mol. The molecule has 5 aromatic rings. The van der Waals surface area contributed by atoms with Gasteiger partial charge in [0, 0.05) is 60.4 Å². The Hall–Kier alpha value is -4.11. The van der Waals surface area contributed by atoms with Crippen molar-refractivity contribution in [3.63, 3.8) is 0 Å². The number of carbonyl (C=O) groups excluding carboxylic acids is 1. The summed E-state index contributed by atoms with van der Waals surface area (Å²) in [4.78, 5) is 21.1. The number of ether oxygens (including phenoxy) is 1. The van der Waals surface area contributed by atoms with Crippen molar-refractivity contribution >= 4 is 27.8 Å². The molecule has 0 spiro atoms. The summed E-state index contributed by atoms with van der Waals surface area (Å²) in [5.74, 6) is 2.62. The van der Waals surface area contributed by atoms with Gasteiger partial charge in [-0.05, 0) is 68.7 Å². The van der Waals surface area contributed by atoms with Crippen LogP contribution in [-0.2, 0) is 20.1 Å². The zero-order valence-electron chi connectivity index (χ0n) is 24.5. The molecule has 1 amide bonds. The van der Waals surface area contributed by atoms with E-state index in [2.05, 4.69) is 50.8 Å². The second-order valence-corrected chi connectivity index (χ2v) is 12.6. The molecule has 9 heteroatoms. The molecule has 2 bridgehead atoms. The second-order valence-electron chi connectivity index (χ2n) is 12.6. The van der Waals surface area contributed by atoms with Gasteiger partial charge in [0.25, 0.3) is 5.91 Å². The molecule has 8 rings (SSSR count). The van der Waals surface area contributed by atoms with Crippen LogP contribution < -0.4 is 10.5 Å². The molecule has 42 heavy (non-hydrogen) atoms. The van der Waals surface area contributed by atoms with Gasteiger partial charge in [0.05, 0.1) is 30.6 Å². The number of carbonyl (C=O) groups is 1. The first-order valence-corrected chi connectivity index (χ1v) is 15.1. The number of nitrogens with two attached hydrogens (primary N) is 1. The van der Waals surface area contributed by atoms with Gasteiger partial charge >= 0.3 is 0 Å². The molecule has 3 aromatic heterocycles. The van der Waals surface area contributed by atoms with Gasteiger partial charge in [0.15, 0.2) is 5.82 Å². The first-order chi connectivity index (χ1) is 20.4. The lowest BCUT2D eigenvalue weighted by Gasteiger charge is -2.27. The van der Waals surface area contributed by atoms with Crippen molar-refractivity contribution in [2.45, 2.75) is 57.8 Å². The topological polar surface area (TPSA) is 96.1 Å². The molecule has 3 aliphatic rings. The Kier molecular flexibility index (Phi) is 5.76. The highest BCUT2D eigenvalue weighted by molar-refractivity contribution is 6.00. The molecule has 3 atom stereocenters. The molecule has 216 valence electrons. The Morgan fingerprint density at radius 3 is 2.62 bits per heavy atom. The van der Waals surface area contributed by atoms with Gasteiger partial charge in [-0.2, -0.15) is 5.10 Å². The van der Waals surface area contributed by atoms with Crippen LogP contribution in [0, 0.1) is 18.8 Å². The maximum atomic E-state index is 13.9. The Balaban J connectivity index is 1.32. The minimum atomic E-state index is 0.0138. The summed E-state index contributed by atoms with van der Waals surface area (Å²) in [6, 6.07) is 14.8. The Labute approximate surface area is 244 Å². The van der Waals surface area contributed by atoms with Crippen LogP contribution in [0.25, 0.3) is 33.5 Å². The highest BCUT2D eigenvalue weighted by Gasteiger charge is 2.47. The molecule has 9 nitrogen and oxygen atoms in total. The molecular formula is C33H37N7O2. The van der Waals surface area contributed by atoms with Gasteiger partial charge in [0.2, 0.25) is 0 Å². The van der Waals surface area contributed by atoms with Crippen LogP contribution in [0.1, 0.15) is 47.3 Å². The van der Waals surface area contributed by atoms with Crippen LogP contribution in [0.4, 0.5) is 0 Å². The zero-order chi connectivity index (χ0) is 28.7. The van der Waals surface area contributed by atoms with Crippen molar-refractivity contribution in [3.05, 3.63) is 65.5 Å². The van der Waals surface area contributed by atoms with Gasteiger partial charge in [0.1, 0.15) is 11.3 Å². The van der Waals surface area contributed by atoms with Crippen LogP contribution in [0.3, 0.4) is 0 Å². The predicted molar refractivity (Wildman–Crippen MR) is 163 cm³/mol. The van der Waals surface area contributed by atoms with Gasteiger partial charge < -0.3 is 24.5 Å². The maximum Gasteiger partial charge on any atom is 0.254 e. The summed E-state index contributed by atoms with van der Waals surface area (Å²) in [5.41, 5.74) is 13.1. The quantitative estimate of drug-likeness (QED) is 0.309. The summed E-state index contributed by atoms with van der Waals surface area (Å²) >= 11 is 0. The summed E-state index contributed by atoms with van der Waals surface area (Å²) in [6.45, 7) is 4.33. The number of aryl methyl sites for hydroxylation is 2. The molecule has 1 aliphatic heterocycles. The third-order valence-electron chi connectivity index (χ3n) is 9.81. The largest absolute Gasteiger partial charge is 0.494 e. The number of imidazole rings is 1. The molecule has 0 radical (unpaired) electrons. The van der Waals surface area contributed by atoms with Gasteiger partial charge in [-0.3, -0.25) is 9.48 Å². The number of amides is 1. The molecule has 2 N–H and O–H groups in total. The van der Waals surface area contributed by atoms with E-state index in [4.69, 9.17) is 15.5 Å². The fraction of sp³-hybridized carbons (Fsp3) is 0.424. The number of nitrogens with zero attached hydrogens (tertiary/aromatic N) is 6. The molecule has 3 fully saturated rings. The third-order valence-corrected chi connectivity index (χ3v) is 9.81. The van der Waals surface area contributed by atoms with Crippen molar-refractivity contribution in [1.29, 1.82) is 0 Å². The molecule has 2 unspecified atom stereocenters. The van der Waals surface area contributed by atoms with Crippen LogP contribution in [0.2, 0.25) is 0 Å². The smallest absolute Gasteiger partial charge is 0.254 e. The Bertz CT molecular complexity index is 1860. The molecule has 2 aromatic carbocycles. The number of rotatable bonds is 7. The summed E-state index contributed by atoms with van der Waals surface area (Å²) in [7, 11) is 3.62. The molecule has 4 heterocycles. The van der Waals surface area contributed by atoms with Gasteiger partial charge in [-0.1, -0.05) is 18.2 Å². The van der Waals surface area contributed by atoms with E-state index < -0.39 is 0 Å². The SMILES string of the molecule is COc1cc(C(=O)N2CC3CCC2[C@@H]3N)cc2nc(-c3cc4ccccc4n3CC3CC3)n(Cc3cn(C)nc3C)c12. The number of piperidine rings is 1. The van der Waals surface area contributed by atoms with E-state index in [1.54, 1.807) is 7.11 Å². The number of fused-ring (bicyclic) bond motifs is 4. The van der Waals surface area contributed by atoms with Crippen molar-refractivity contribution in [2.75, 3.05) is 13.7 Å². The lowest BCUT2D eigenvalue weighted by atomic mass is 10.1. The maximum absolute atomic E-state index is 13.9. The minimum absolute atomic E-state index is 0.0138. The van der Waals surface area contributed by atoms with Crippen LogP contribution in [-0.4, -0.2) is 60.4 Å². The van der Waals surface area contributed by atoms with E-state index in [-0.39, 0.29) is 18.0 Å². The number of para-hydroxylation sites is 1. The normalized spacial score (nSPS) is 21.7. The second kappa shape index (κ2) is 9.46. The standard InChI is InChI=1S/C33H37N7O2/c1-19-24(16-37(2)36-19)18-40-31-25(12-23(14-29(31)42-3)33(41)39-17-22-10-11-27(39)30(22)34)35-32(40)28-13-21-6-4-5-7-26(21)38(28)15-20-8-9-20/h4-7,12-14,16,20,22,27,30H,8-11,15,17-18,34H2,1-3H3/t22?,27?,30-/m1/s1. The average Bonchev–Trinajstić information content (AvgIpc) is 3.19. The van der Waals surface area contributed by atoms with E-state index >= 15 is 0 Å². The number of hydrogen-bond donors (Lipinski definition) is 1. The van der Waals surface area contributed by atoms with E-state index in [0.29, 0.717) is 29.7 Å². The fourth-order valence-electron chi connectivity index (χ4n) is 7.43. The first kappa shape index (κ1) is 25.6. The lowest BCUT2D eigenvalue weighted by molar-refractivity contribution is 0.0700. The van der Waals surface area contributed by atoms with Crippen molar-refractivity contribution < 1.29 is 9.53 Å². The van der Waals surface area contributed by atoms with E-state index in [9.17, 15) is 4.79 Å². The molecule has 2 saturated carbocycles. The van der Waals surface area contributed by atoms with Gasteiger partial charge in [-0.25, -0.2) is 4.98 Å². The summed E-state index contributed by atoms with van der Waals surface area (Å²) in [5, 5.41) is 5.81. The third kappa shape index (κ3) is 3.97. The van der Waals surface area contributed by atoms with Crippen LogP contribution >= 0.6 is 0 Å². The number of methoxy groups -OCH3 is 1. The average molecular weight is 564 g/mol. The molecule has 2 aliphatic carbocycles. The van der Waals surface area contributed by atoms with E-state index in [0.717, 1.165) is 59.7 Å². The highest BCUT2D eigenvalue weighted by Crippen LogP contribution is 2.41. The van der Waals surface area contributed by atoms with Gasteiger partial charge in [-0.15, -0.1) is 0 Å². The van der Waals surface area contributed by atoms with Crippen LogP contribution in [0.5, 0.6) is 5.75 Å². The van der Waals surface area contributed by atoms with Crippen molar-refractivity contribution in [3.8, 4) is 17.3 Å². The number of aromatic nitrogens is 5. The molecule has 1 saturated heterocycles.